The lowest BCUT2D eigenvalue weighted by atomic mass is 10.1. The first-order chi connectivity index (χ1) is 10.2. The third-order valence-corrected chi connectivity index (χ3v) is 2.40. The van der Waals surface area contributed by atoms with Crippen LogP contribution >= 0.6 is 0 Å². The Kier molecular flexibility index (Phi) is 5.79. The molecule has 0 heterocycles. The van der Waals surface area contributed by atoms with Gasteiger partial charge in [0.15, 0.2) is 0 Å². The molecule has 0 aliphatic heterocycles. The summed E-state index contributed by atoms with van der Waals surface area (Å²) in [6.45, 7) is 18.1. The number of hydrogen-bond acceptors (Lipinski definition) is 3. The van der Waals surface area contributed by atoms with E-state index in [1.54, 1.807) is 0 Å². The molecule has 1 aromatic rings. The van der Waals surface area contributed by atoms with Gasteiger partial charge in [0.05, 0.1) is 0 Å². The van der Waals surface area contributed by atoms with Crippen LogP contribution in [0.4, 0.5) is 0 Å². The minimum atomic E-state index is -0.313. The zero-order valence-electron chi connectivity index (χ0n) is 16.1. The standard InChI is InChI=1S/C20H32O3/c1-18(2,3)21-16-12-10-15(11-13-16)14-17(22-19(4,5)6)23-20(7,8)9/h10-14H,1-9H3. The largest absolute Gasteiger partial charge is 0.488 e. The third-order valence-electron chi connectivity index (χ3n) is 2.40. The highest BCUT2D eigenvalue weighted by Gasteiger charge is 2.20. The average Bonchev–Trinajstić information content (AvgIpc) is 2.25. The van der Waals surface area contributed by atoms with Gasteiger partial charge in [0.2, 0.25) is 0 Å². The molecule has 3 nitrogen and oxygen atoms in total. The van der Waals surface area contributed by atoms with Crippen molar-refractivity contribution in [3.05, 3.63) is 35.8 Å². The van der Waals surface area contributed by atoms with E-state index in [1.165, 1.54) is 0 Å². The summed E-state index contributed by atoms with van der Waals surface area (Å²) >= 11 is 0. The number of benzene rings is 1. The fourth-order valence-corrected chi connectivity index (χ4v) is 1.81. The average molecular weight is 320 g/mol. The van der Waals surface area contributed by atoms with Crippen molar-refractivity contribution >= 4 is 6.08 Å². The lowest BCUT2D eigenvalue weighted by Crippen LogP contribution is -2.25. The van der Waals surface area contributed by atoms with Gasteiger partial charge in [-0.05, 0) is 80.0 Å². The van der Waals surface area contributed by atoms with E-state index >= 15 is 0 Å². The van der Waals surface area contributed by atoms with Crippen LogP contribution in [0.2, 0.25) is 0 Å². The molecule has 1 rings (SSSR count). The van der Waals surface area contributed by atoms with E-state index in [4.69, 9.17) is 14.2 Å². The molecule has 0 unspecified atom stereocenters. The minimum absolute atomic E-state index is 0.201. The van der Waals surface area contributed by atoms with Gasteiger partial charge in [-0.1, -0.05) is 12.1 Å². The SMILES string of the molecule is CC(C)(C)OC(=Cc1ccc(OC(C)(C)C)cc1)OC(C)(C)C. The summed E-state index contributed by atoms with van der Waals surface area (Å²) < 4.78 is 17.7. The Morgan fingerprint density at radius 2 is 1.13 bits per heavy atom. The molecular formula is C20H32O3. The normalized spacial score (nSPS) is 12.6. The van der Waals surface area contributed by atoms with E-state index in [0.717, 1.165) is 11.3 Å². The van der Waals surface area contributed by atoms with Crippen molar-refractivity contribution in [2.24, 2.45) is 0 Å². The van der Waals surface area contributed by atoms with Crippen LogP contribution in [0.3, 0.4) is 0 Å². The van der Waals surface area contributed by atoms with Crippen LogP contribution in [-0.2, 0) is 9.47 Å². The Labute approximate surface area is 141 Å². The minimum Gasteiger partial charge on any atom is -0.488 e. The molecule has 0 amide bonds. The second-order valence-corrected chi connectivity index (χ2v) is 8.68. The number of rotatable bonds is 4. The Morgan fingerprint density at radius 3 is 1.48 bits per heavy atom. The highest BCUT2D eigenvalue weighted by molar-refractivity contribution is 5.51. The van der Waals surface area contributed by atoms with Crippen molar-refractivity contribution in [2.75, 3.05) is 0 Å². The maximum Gasteiger partial charge on any atom is 0.280 e. The summed E-state index contributed by atoms with van der Waals surface area (Å²) in [6, 6.07) is 7.92. The van der Waals surface area contributed by atoms with E-state index in [2.05, 4.69) is 0 Å². The molecule has 1 aromatic carbocycles. The molecule has 0 saturated carbocycles. The summed E-state index contributed by atoms with van der Waals surface area (Å²) in [6.07, 6.45) is 1.91. The first-order valence-electron chi connectivity index (χ1n) is 8.12. The maximum absolute atomic E-state index is 5.94. The van der Waals surface area contributed by atoms with E-state index in [-0.39, 0.29) is 16.8 Å². The molecule has 0 spiro atoms. The first-order valence-corrected chi connectivity index (χ1v) is 8.12. The predicted molar refractivity (Wildman–Crippen MR) is 96.5 cm³/mol. The van der Waals surface area contributed by atoms with Crippen LogP contribution < -0.4 is 4.74 Å². The number of hydrogen-bond donors (Lipinski definition) is 0. The van der Waals surface area contributed by atoms with Crippen molar-refractivity contribution in [2.45, 2.75) is 79.1 Å². The zero-order valence-corrected chi connectivity index (χ0v) is 16.1. The van der Waals surface area contributed by atoms with E-state index in [9.17, 15) is 0 Å². The van der Waals surface area contributed by atoms with Crippen LogP contribution in [0.5, 0.6) is 5.75 Å². The molecule has 0 atom stereocenters. The molecule has 0 aliphatic carbocycles. The van der Waals surface area contributed by atoms with E-state index in [1.807, 2.05) is 92.7 Å². The lowest BCUT2D eigenvalue weighted by Gasteiger charge is -2.28. The summed E-state index contributed by atoms with van der Waals surface area (Å²) in [5.41, 5.74) is 0.182. The lowest BCUT2D eigenvalue weighted by molar-refractivity contribution is -0.0886. The predicted octanol–water partition coefficient (Wildman–Crippen LogP) is 5.79. The van der Waals surface area contributed by atoms with Crippen LogP contribution in [0, 0.1) is 0 Å². The molecule has 0 aromatic heterocycles. The van der Waals surface area contributed by atoms with Gasteiger partial charge in [0.25, 0.3) is 5.95 Å². The van der Waals surface area contributed by atoms with Crippen LogP contribution in [0.1, 0.15) is 67.9 Å². The first kappa shape index (κ1) is 19.4. The van der Waals surface area contributed by atoms with Crippen molar-refractivity contribution in [1.29, 1.82) is 0 Å². The number of ether oxygens (including phenoxy) is 3. The smallest absolute Gasteiger partial charge is 0.280 e. The summed E-state index contributed by atoms with van der Waals surface area (Å²) in [7, 11) is 0. The van der Waals surface area contributed by atoms with Gasteiger partial charge in [0.1, 0.15) is 22.6 Å². The Balaban J connectivity index is 2.97. The van der Waals surface area contributed by atoms with Crippen molar-refractivity contribution < 1.29 is 14.2 Å². The molecular weight excluding hydrogens is 288 g/mol. The molecule has 130 valence electrons. The fraction of sp³-hybridized carbons (Fsp3) is 0.600. The second-order valence-electron chi connectivity index (χ2n) is 8.68. The zero-order chi connectivity index (χ0) is 17.9. The van der Waals surface area contributed by atoms with Crippen molar-refractivity contribution in [3.8, 4) is 5.75 Å². The van der Waals surface area contributed by atoms with Gasteiger partial charge in [0, 0.05) is 6.08 Å². The second kappa shape index (κ2) is 6.86. The molecule has 0 saturated heterocycles. The van der Waals surface area contributed by atoms with Gasteiger partial charge in [-0.2, -0.15) is 0 Å². The van der Waals surface area contributed by atoms with Crippen LogP contribution in [-0.4, -0.2) is 16.8 Å². The van der Waals surface area contributed by atoms with Gasteiger partial charge in [-0.15, -0.1) is 0 Å². The molecule has 0 fully saturated rings. The molecule has 0 N–H and O–H groups in total. The monoisotopic (exact) mass is 320 g/mol. The van der Waals surface area contributed by atoms with E-state index in [0.29, 0.717) is 5.95 Å². The van der Waals surface area contributed by atoms with Crippen LogP contribution in [0.15, 0.2) is 30.2 Å². The van der Waals surface area contributed by atoms with Gasteiger partial charge < -0.3 is 14.2 Å². The fourth-order valence-electron chi connectivity index (χ4n) is 1.81. The van der Waals surface area contributed by atoms with Gasteiger partial charge in [-0.25, -0.2) is 0 Å². The highest BCUT2D eigenvalue weighted by Crippen LogP contribution is 2.24. The highest BCUT2D eigenvalue weighted by atomic mass is 16.7. The molecule has 0 aliphatic rings. The molecule has 23 heavy (non-hydrogen) atoms. The van der Waals surface area contributed by atoms with Crippen LogP contribution in [0.25, 0.3) is 6.08 Å². The van der Waals surface area contributed by atoms with E-state index < -0.39 is 0 Å². The summed E-state index contributed by atoms with van der Waals surface area (Å²) in [5.74, 6) is 1.37. The summed E-state index contributed by atoms with van der Waals surface area (Å²) in [4.78, 5) is 0. The molecule has 0 radical (unpaired) electrons. The Bertz CT molecular complexity index is 502. The topological polar surface area (TPSA) is 27.7 Å². The maximum atomic E-state index is 5.94. The molecule has 3 heteroatoms. The molecule has 0 bridgehead atoms. The van der Waals surface area contributed by atoms with Crippen molar-refractivity contribution in [1.82, 2.24) is 0 Å². The summed E-state index contributed by atoms with van der Waals surface area (Å²) in [5, 5.41) is 0. The van der Waals surface area contributed by atoms with Crippen molar-refractivity contribution in [3.63, 3.8) is 0 Å². The Hall–Kier alpha value is -1.64. The Morgan fingerprint density at radius 1 is 0.696 bits per heavy atom. The third kappa shape index (κ3) is 9.17. The quantitative estimate of drug-likeness (QED) is 0.657. The van der Waals surface area contributed by atoms with Gasteiger partial charge >= 0.3 is 0 Å². The van der Waals surface area contributed by atoms with Gasteiger partial charge in [-0.3, -0.25) is 0 Å².